The molecule has 4 heteroatoms. The number of para-hydroxylation sites is 1. The third-order valence-electron chi connectivity index (χ3n) is 6.56. The number of hydrogen-bond acceptors (Lipinski definition) is 2. The molecule has 4 rings (SSSR count). The monoisotopic (exact) mass is 452 g/mol. The van der Waals surface area contributed by atoms with Crippen LogP contribution >= 0.6 is 0 Å². The van der Waals surface area contributed by atoms with Crippen LogP contribution in [0.15, 0.2) is 82.8 Å². The Labute approximate surface area is 204 Å². The second-order valence-corrected chi connectivity index (χ2v) is 10.6. The molecule has 0 aliphatic carbocycles. The van der Waals surface area contributed by atoms with Gasteiger partial charge in [0.15, 0.2) is 11.7 Å². The van der Waals surface area contributed by atoms with Gasteiger partial charge in [0.25, 0.3) is 0 Å². The highest BCUT2D eigenvalue weighted by Crippen LogP contribution is 2.44. The molecule has 0 amide bonds. The number of rotatable bonds is 2. The van der Waals surface area contributed by atoms with Crippen molar-refractivity contribution in [2.24, 2.45) is 9.98 Å². The zero-order chi connectivity index (χ0) is 24.5. The van der Waals surface area contributed by atoms with Crippen molar-refractivity contribution in [3.05, 3.63) is 83.9 Å². The lowest BCUT2D eigenvalue weighted by Gasteiger charge is -2.26. The first-order chi connectivity index (χ1) is 16.2. The third kappa shape index (κ3) is 4.50. The molecule has 0 fully saturated rings. The summed E-state index contributed by atoms with van der Waals surface area (Å²) in [6, 6.07) is 25.8. The van der Waals surface area contributed by atoms with Gasteiger partial charge < -0.3 is 10.2 Å². The van der Waals surface area contributed by atoms with Gasteiger partial charge in [-0.05, 0) is 45.9 Å². The Morgan fingerprint density at radius 2 is 1.56 bits per heavy atom. The van der Waals surface area contributed by atoms with Crippen LogP contribution in [0.25, 0.3) is 11.1 Å². The van der Waals surface area contributed by atoms with Gasteiger partial charge in [0.2, 0.25) is 0 Å². The number of amidine groups is 2. The van der Waals surface area contributed by atoms with E-state index in [4.69, 9.17) is 4.99 Å². The highest BCUT2D eigenvalue weighted by atomic mass is 15.3. The van der Waals surface area contributed by atoms with Crippen molar-refractivity contribution in [3.63, 3.8) is 0 Å². The van der Waals surface area contributed by atoms with Crippen molar-refractivity contribution in [2.45, 2.75) is 45.4 Å². The van der Waals surface area contributed by atoms with Crippen LogP contribution in [0.5, 0.6) is 0 Å². The standard InChI is InChI=1S/C30H36N4/c1-29(2,3)24-16-12-11-15-23(24)21-17-18-25-26(19-21)34(20-30(25,4)5)28(32-7)27(31-6)33-22-13-9-8-10-14-22/h8-19H,20H2,1-7H3,(H,31,33). The van der Waals surface area contributed by atoms with Gasteiger partial charge in [-0.1, -0.05) is 89.2 Å². The first-order valence-electron chi connectivity index (χ1n) is 11.9. The summed E-state index contributed by atoms with van der Waals surface area (Å²) in [5.41, 5.74) is 7.45. The minimum atomic E-state index is -0.00104. The zero-order valence-corrected chi connectivity index (χ0v) is 21.5. The summed E-state index contributed by atoms with van der Waals surface area (Å²) in [4.78, 5) is 11.6. The molecule has 1 heterocycles. The number of aliphatic imine (C=N–C) groups is 2. The lowest BCUT2D eigenvalue weighted by atomic mass is 9.81. The first kappa shape index (κ1) is 23.7. The molecule has 4 nitrogen and oxygen atoms in total. The van der Waals surface area contributed by atoms with E-state index in [9.17, 15) is 0 Å². The lowest BCUT2D eigenvalue weighted by Crippen LogP contribution is -2.41. The molecule has 0 saturated heterocycles. The summed E-state index contributed by atoms with van der Waals surface area (Å²) in [6.45, 7) is 12.3. The number of fused-ring (bicyclic) bond motifs is 1. The second-order valence-electron chi connectivity index (χ2n) is 10.6. The Hall–Kier alpha value is -3.40. The SMILES string of the molecule is CN=C(Nc1ccccc1)C(=NC)N1CC(C)(C)c2ccc(-c3ccccc3C(C)(C)C)cc21. The molecule has 1 aliphatic heterocycles. The van der Waals surface area contributed by atoms with E-state index in [1.54, 1.807) is 0 Å². The highest BCUT2D eigenvalue weighted by molar-refractivity contribution is 6.49. The van der Waals surface area contributed by atoms with Crippen molar-refractivity contribution in [2.75, 3.05) is 30.9 Å². The van der Waals surface area contributed by atoms with Gasteiger partial charge in [-0.15, -0.1) is 0 Å². The van der Waals surface area contributed by atoms with E-state index in [1.807, 2.05) is 44.4 Å². The topological polar surface area (TPSA) is 40.0 Å². The largest absolute Gasteiger partial charge is 0.337 e. The Morgan fingerprint density at radius 1 is 0.882 bits per heavy atom. The number of benzene rings is 3. The molecule has 1 aliphatic rings. The fourth-order valence-electron chi connectivity index (χ4n) is 4.86. The van der Waals surface area contributed by atoms with Crippen molar-refractivity contribution in [1.82, 2.24) is 0 Å². The van der Waals surface area contributed by atoms with Crippen LogP contribution in [0.3, 0.4) is 0 Å². The summed E-state index contributed by atoms with van der Waals surface area (Å²) in [5, 5.41) is 3.47. The van der Waals surface area contributed by atoms with Crippen LogP contribution in [0, 0.1) is 0 Å². The quantitative estimate of drug-likeness (QED) is 0.339. The summed E-state index contributed by atoms with van der Waals surface area (Å²) in [6.07, 6.45) is 0. The predicted molar refractivity (Wildman–Crippen MR) is 148 cm³/mol. The lowest BCUT2D eigenvalue weighted by molar-refractivity contribution is 0.572. The van der Waals surface area contributed by atoms with Crippen molar-refractivity contribution < 1.29 is 0 Å². The van der Waals surface area contributed by atoms with Gasteiger partial charge >= 0.3 is 0 Å². The fourth-order valence-corrected chi connectivity index (χ4v) is 4.86. The molecule has 176 valence electrons. The molecule has 0 unspecified atom stereocenters. The van der Waals surface area contributed by atoms with Crippen LogP contribution in [0.2, 0.25) is 0 Å². The number of nitrogens with zero attached hydrogens (tertiary/aromatic N) is 3. The molecule has 0 bridgehead atoms. The number of nitrogens with one attached hydrogen (secondary N) is 1. The van der Waals surface area contributed by atoms with E-state index in [-0.39, 0.29) is 10.8 Å². The van der Waals surface area contributed by atoms with E-state index >= 15 is 0 Å². The molecular weight excluding hydrogens is 416 g/mol. The van der Waals surface area contributed by atoms with Gasteiger partial charge in [0.05, 0.1) is 0 Å². The van der Waals surface area contributed by atoms with Gasteiger partial charge in [-0.3, -0.25) is 9.98 Å². The molecule has 3 aromatic carbocycles. The average molecular weight is 453 g/mol. The maximum Gasteiger partial charge on any atom is 0.171 e. The van der Waals surface area contributed by atoms with Gasteiger partial charge in [-0.25, -0.2) is 0 Å². The number of hydrogen-bond donors (Lipinski definition) is 1. The van der Waals surface area contributed by atoms with Gasteiger partial charge in [-0.2, -0.15) is 0 Å². The normalized spacial score (nSPS) is 15.9. The van der Waals surface area contributed by atoms with Crippen LogP contribution in [0.4, 0.5) is 11.4 Å². The van der Waals surface area contributed by atoms with Crippen molar-refractivity contribution in [3.8, 4) is 11.1 Å². The van der Waals surface area contributed by atoms with Crippen LogP contribution < -0.4 is 10.2 Å². The maximum atomic E-state index is 4.71. The molecule has 0 saturated carbocycles. The summed E-state index contributed by atoms with van der Waals surface area (Å²) < 4.78 is 0. The Bertz CT molecular complexity index is 1230. The molecular formula is C30H36N4. The van der Waals surface area contributed by atoms with E-state index in [1.165, 1.54) is 27.9 Å². The molecule has 0 atom stereocenters. The summed E-state index contributed by atoms with van der Waals surface area (Å²) in [5.74, 6) is 1.61. The first-order valence-corrected chi connectivity index (χ1v) is 11.9. The fraction of sp³-hybridized carbons (Fsp3) is 0.333. The molecule has 1 N–H and O–H groups in total. The van der Waals surface area contributed by atoms with Crippen LogP contribution in [-0.4, -0.2) is 32.3 Å². The van der Waals surface area contributed by atoms with E-state index in [0.717, 1.165) is 23.9 Å². The molecule has 3 aromatic rings. The summed E-state index contributed by atoms with van der Waals surface area (Å²) in [7, 11) is 3.66. The Balaban J connectivity index is 1.79. The maximum absolute atomic E-state index is 4.71. The smallest absolute Gasteiger partial charge is 0.171 e. The minimum Gasteiger partial charge on any atom is -0.337 e. The molecule has 0 radical (unpaired) electrons. The third-order valence-corrected chi connectivity index (χ3v) is 6.56. The summed E-state index contributed by atoms with van der Waals surface area (Å²) >= 11 is 0. The zero-order valence-electron chi connectivity index (χ0n) is 21.5. The van der Waals surface area contributed by atoms with Crippen molar-refractivity contribution >= 4 is 23.0 Å². The number of anilines is 2. The highest BCUT2D eigenvalue weighted by Gasteiger charge is 2.38. The van der Waals surface area contributed by atoms with Crippen LogP contribution in [0.1, 0.15) is 45.7 Å². The van der Waals surface area contributed by atoms with Crippen LogP contribution in [-0.2, 0) is 10.8 Å². The average Bonchev–Trinajstić information content (AvgIpc) is 3.09. The molecule has 0 aromatic heterocycles. The van der Waals surface area contributed by atoms with Gasteiger partial charge in [0, 0.05) is 37.4 Å². The van der Waals surface area contributed by atoms with E-state index < -0.39 is 0 Å². The van der Waals surface area contributed by atoms with E-state index in [0.29, 0.717) is 0 Å². The Kier molecular flexibility index (Phi) is 6.35. The Morgan fingerprint density at radius 3 is 2.21 bits per heavy atom. The second kappa shape index (κ2) is 9.09. The van der Waals surface area contributed by atoms with E-state index in [2.05, 4.69) is 92.3 Å². The molecule has 0 spiro atoms. The minimum absolute atomic E-state index is 0.00104. The van der Waals surface area contributed by atoms with Gasteiger partial charge in [0.1, 0.15) is 0 Å². The van der Waals surface area contributed by atoms with Crippen molar-refractivity contribution in [1.29, 1.82) is 0 Å². The predicted octanol–water partition coefficient (Wildman–Crippen LogP) is 6.92. The molecule has 34 heavy (non-hydrogen) atoms.